The molecule has 0 aliphatic carbocycles. The molecule has 0 aliphatic rings. The fourth-order valence-electron chi connectivity index (χ4n) is 1.87. The van der Waals surface area contributed by atoms with Crippen molar-refractivity contribution in [2.75, 3.05) is 0 Å². The third-order valence-electron chi connectivity index (χ3n) is 2.82. The summed E-state index contributed by atoms with van der Waals surface area (Å²) in [4.78, 5) is 0. The van der Waals surface area contributed by atoms with Gasteiger partial charge in [0.05, 0.1) is 0 Å². The van der Waals surface area contributed by atoms with Gasteiger partial charge in [0.15, 0.2) is 0 Å². The second kappa shape index (κ2) is 5.10. The zero-order chi connectivity index (χ0) is 13.1. The maximum Gasteiger partial charge on any atom is 0.242 e. The van der Waals surface area contributed by atoms with E-state index in [0.29, 0.717) is 16.7 Å². The molecule has 4 nitrogen and oxygen atoms in total. The molecule has 94 valence electrons. The van der Waals surface area contributed by atoms with Crippen LogP contribution >= 0.6 is 0 Å². The predicted molar refractivity (Wildman–Crippen MR) is 67.8 cm³/mol. The molecule has 0 atom stereocenters. The molecular weight excluding hydrogens is 250 g/mol. The Morgan fingerprint density at radius 2 is 1.83 bits per heavy atom. The second-order valence-electron chi connectivity index (χ2n) is 4.01. The zero-order valence-corrected chi connectivity index (χ0v) is 10.7. The highest BCUT2D eigenvalue weighted by atomic mass is 32.2. The van der Waals surface area contributed by atoms with Gasteiger partial charge in [0, 0.05) is 6.20 Å². The van der Waals surface area contributed by atoms with Crippen molar-refractivity contribution in [2.45, 2.75) is 13.3 Å². The lowest BCUT2D eigenvalue weighted by Crippen LogP contribution is -2.02. The molecule has 0 aliphatic heterocycles. The van der Waals surface area contributed by atoms with Crippen molar-refractivity contribution >= 4 is 10.3 Å². The van der Waals surface area contributed by atoms with Crippen LogP contribution in [-0.4, -0.2) is 18.4 Å². The van der Waals surface area contributed by atoms with Gasteiger partial charge in [-0.1, -0.05) is 30.3 Å². The highest BCUT2D eigenvalue weighted by Gasteiger charge is 2.05. The Labute approximate surface area is 106 Å². The molecule has 0 fully saturated rings. The van der Waals surface area contributed by atoms with Crippen LogP contribution < -0.4 is 0 Å². The summed E-state index contributed by atoms with van der Waals surface area (Å²) >= 11 is 0. The van der Waals surface area contributed by atoms with E-state index in [9.17, 15) is 13.6 Å². The Hall–Kier alpha value is -2.01. The minimum atomic E-state index is -2.46. The molecule has 0 saturated carbocycles. The molecule has 1 aromatic carbocycles. The fourth-order valence-corrected chi connectivity index (χ4v) is 2.47. The summed E-state index contributed by atoms with van der Waals surface area (Å²) in [6.07, 6.45) is 1.98. The standard InChI is InChI=1S/C13H13NO3S/c1-10-12(9-11-5-3-2-4-6-11)7-8-14(15)13(10)18(16)17/h2-8,15H,9H2,1H3. The summed E-state index contributed by atoms with van der Waals surface area (Å²) in [6, 6.07) is 11.5. The number of pyridine rings is 1. The van der Waals surface area contributed by atoms with Gasteiger partial charge in [-0.15, -0.1) is 0 Å². The van der Waals surface area contributed by atoms with Gasteiger partial charge in [-0.3, -0.25) is 0 Å². The predicted octanol–water partition coefficient (Wildman–Crippen LogP) is 2.04. The molecule has 0 bridgehead atoms. The number of hydrogen-bond acceptors (Lipinski definition) is 3. The lowest BCUT2D eigenvalue weighted by Gasteiger charge is -2.07. The number of aromatic nitrogens is 1. The summed E-state index contributed by atoms with van der Waals surface area (Å²) < 4.78 is 22.7. The van der Waals surface area contributed by atoms with Crippen molar-refractivity contribution in [3.05, 3.63) is 63.9 Å². The number of benzene rings is 1. The Morgan fingerprint density at radius 3 is 2.44 bits per heavy atom. The van der Waals surface area contributed by atoms with Gasteiger partial charge in [-0.05, 0) is 36.1 Å². The SMILES string of the molecule is Cc1c(Cc2ccccc2)ccn(O)c1=S(=O)=O. The third-order valence-corrected chi connectivity index (χ3v) is 3.63. The van der Waals surface area contributed by atoms with E-state index in [1.54, 1.807) is 13.0 Å². The number of hydrogen-bond donors (Lipinski definition) is 1. The monoisotopic (exact) mass is 263 g/mol. The molecule has 5 heteroatoms. The van der Waals surface area contributed by atoms with E-state index < -0.39 is 10.3 Å². The first-order valence-electron chi connectivity index (χ1n) is 5.46. The third kappa shape index (κ3) is 2.46. The molecule has 0 radical (unpaired) electrons. The van der Waals surface area contributed by atoms with Gasteiger partial charge in [-0.25, -0.2) is 0 Å². The van der Waals surface area contributed by atoms with E-state index in [4.69, 9.17) is 0 Å². The van der Waals surface area contributed by atoms with Crippen LogP contribution in [-0.2, 0) is 16.7 Å². The van der Waals surface area contributed by atoms with Crippen LogP contribution in [0.3, 0.4) is 0 Å². The first-order valence-corrected chi connectivity index (χ1v) is 6.53. The fraction of sp³-hybridized carbons (Fsp3) is 0.154. The highest BCUT2D eigenvalue weighted by molar-refractivity contribution is 7.63. The van der Waals surface area contributed by atoms with E-state index in [-0.39, 0.29) is 4.64 Å². The van der Waals surface area contributed by atoms with Crippen LogP contribution in [0, 0.1) is 11.6 Å². The van der Waals surface area contributed by atoms with Crippen LogP contribution in [0.4, 0.5) is 0 Å². The maximum absolute atomic E-state index is 11.1. The molecule has 0 spiro atoms. The molecule has 1 N–H and O–H groups in total. The molecule has 2 rings (SSSR count). The van der Waals surface area contributed by atoms with Crippen LogP contribution in [0.25, 0.3) is 0 Å². The van der Waals surface area contributed by atoms with E-state index in [0.717, 1.165) is 11.1 Å². The van der Waals surface area contributed by atoms with Gasteiger partial charge in [0.1, 0.15) is 0 Å². The quantitative estimate of drug-likeness (QED) is 0.666. The van der Waals surface area contributed by atoms with E-state index in [2.05, 4.69) is 0 Å². The van der Waals surface area contributed by atoms with Crippen molar-refractivity contribution in [3.63, 3.8) is 0 Å². The van der Waals surface area contributed by atoms with Crippen molar-refractivity contribution in [2.24, 2.45) is 0 Å². The lowest BCUT2D eigenvalue weighted by molar-refractivity contribution is 0.179. The van der Waals surface area contributed by atoms with Gasteiger partial charge in [0.2, 0.25) is 14.9 Å². The average Bonchev–Trinajstić information content (AvgIpc) is 2.34. The smallest absolute Gasteiger partial charge is 0.242 e. The molecular formula is C13H13NO3S. The Bertz CT molecular complexity index is 723. The summed E-state index contributed by atoms with van der Waals surface area (Å²) in [7, 11) is -2.46. The lowest BCUT2D eigenvalue weighted by atomic mass is 10.0. The topological polar surface area (TPSA) is 59.3 Å². The summed E-state index contributed by atoms with van der Waals surface area (Å²) in [5.74, 6) is 0. The van der Waals surface area contributed by atoms with Gasteiger partial charge < -0.3 is 5.21 Å². The van der Waals surface area contributed by atoms with Crippen molar-refractivity contribution in [1.29, 1.82) is 0 Å². The normalized spacial score (nSPS) is 10.3. The highest BCUT2D eigenvalue weighted by Crippen LogP contribution is 2.14. The van der Waals surface area contributed by atoms with Crippen LogP contribution in [0.1, 0.15) is 16.7 Å². The van der Waals surface area contributed by atoms with Gasteiger partial charge >= 0.3 is 0 Å². The number of nitrogens with zero attached hydrogens (tertiary/aromatic N) is 1. The molecule has 2 aromatic rings. The molecule has 0 amide bonds. The number of rotatable bonds is 2. The first kappa shape index (κ1) is 12.4. The van der Waals surface area contributed by atoms with Crippen molar-refractivity contribution in [1.82, 2.24) is 4.73 Å². The summed E-state index contributed by atoms with van der Waals surface area (Å²) in [6.45, 7) is 1.69. The average molecular weight is 263 g/mol. The molecule has 0 saturated heterocycles. The minimum Gasteiger partial charge on any atom is -0.427 e. The Balaban J connectivity index is 2.56. The largest absolute Gasteiger partial charge is 0.427 e. The van der Waals surface area contributed by atoms with Gasteiger partial charge in [0.25, 0.3) is 0 Å². The molecule has 18 heavy (non-hydrogen) atoms. The molecule has 0 unspecified atom stereocenters. The van der Waals surface area contributed by atoms with Crippen LogP contribution in [0.2, 0.25) is 0 Å². The molecule has 1 aromatic heterocycles. The van der Waals surface area contributed by atoms with Crippen molar-refractivity contribution in [3.8, 4) is 0 Å². The first-order chi connectivity index (χ1) is 8.59. The van der Waals surface area contributed by atoms with E-state index in [1.807, 2.05) is 30.3 Å². The Kier molecular flexibility index (Phi) is 3.53. The van der Waals surface area contributed by atoms with E-state index in [1.165, 1.54) is 6.20 Å². The van der Waals surface area contributed by atoms with Gasteiger partial charge in [-0.2, -0.15) is 13.1 Å². The molecule has 1 heterocycles. The Morgan fingerprint density at radius 1 is 1.17 bits per heavy atom. The van der Waals surface area contributed by atoms with E-state index >= 15 is 0 Å². The summed E-state index contributed by atoms with van der Waals surface area (Å²) in [5, 5.41) is 9.48. The maximum atomic E-state index is 11.1. The second-order valence-corrected chi connectivity index (χ2v) is 4.87. The summed E-state index contributed by atoms with van der Waals surface area (Å²) in [5.41, 5.74) is 2.54. The zero-order valence-electron chi connectivity index (χ0n) is 9.87. The van der Waals surface area contributed by atoms with Crippen LogP contribution in [0.15, 0.2) is 42.6 Å². The minimum absolute atomic E-state index is 0.0940. The van der Waals surface area contributed by atoms with Crippen molar-refractivity contribution < 1.29 is 13.6 Å². The van der Waals surface area contributed by atoms with Crippen LogP contribution in [0.5, 0.6) is 0 Å².